The highest BCUT2D eigenvalue weighted by molar-refractivity contribution is 5.26. The van der Waals surface area contributed by atoms with E-state index in [1.807, 2.05) is 24.7 Å². The van der Waals surface area contributed by atoms with Crippen molar-refractivity contribution in [2.24, 2.45) is 0 Å². The molecule has 0 aliphatic carbocycles. The Balaban J connectivity index is 1.70. The zero-order valence-corrected chi connectivity index (χ0v) is 9.97. The quantitative estimate of drug-likeness (QED) is 0.769. The van der Waals surface area contributed by atoms with E-state index in [1.54, 1.807) is 13.3 Å². The highest BCUT2D eigenvalue weighted by Gasteiger charge is 1.94. The van der Waals surface area contributed by atoms with Crippen LogP contribution in [0.2, 0.25) is 0 Å². The molecular formula is C13H17N3O. The van der Waals surface area contributed by atoms with E-state index in [2.05, 4.69) is 27.0 Å². The van der Waals surface area contributed by atoms with Gasteiger partial charge < -0.3 is 14.6 Å². The molecule has 90 valence electrons. The maximum atomic E-state index is 5.11. The van der Waals surface area contributed by atoms with Crippen LogP contribution in [-0.4, -0.2) is 23.2 Å². The average Bonchev–Trinajstić information content (AvgIpc) is 2.88. The summed E-state index contributed by atoms with van der Waals surface area (Å²) in [5, 5.41) is 3.39. The van der Waals surface area contributed by atoms with Gasteiger partial charge in [0.05, 0.1) is 13.4 Å². The van der Waals surface area contributed by atoms with E-state index >= 15 is 0 Å². The van der Waals surface area contributed by atoms with E-state index in [-0.39, 0.29) is 0 Å². The molecule has 4 nitrogen and oxygen atoms in total. The molecule has 0 atom stereocenters. The molecular weight excluding hydrogens is 214 g/mol. The third-order valence-electron chi connectivity index (χ3n) is 2.59. The average molecular weight is 231 g/mol. The molecule has 0 spiro atoms. The third-order valence-corrected chi connectivity index (χ3v) is 2.59. The second kappa shape index (κ2) is 6.06. The molecule has 0 bridgehead atoms. The first kappa shape index (κ1) is 11.7. The first-order chi connectivity index (χ1) is 8.38. The van der Waals surface area contributed by atoms with Crippen molar-refractivity contribution in [1.29, 1.82) is 0 Å². The van der Waals surface area contributed by atoms with Crippen molar-refractivity contribution in [3.05, 3.63) is 48.5 Å². The van der Waals surface area contributed by atoms with Crippen LogP contribution in [-0.2, 0) is 13.1 Å². The molecule has 1 N–H and O–H groups in total. The molecule has 17 heavy (non-hydrogen) atoms. The molecule has 1 heterocycles. The summed E-state index contributed by atoms with van der Waals surface area (Å²) in [5.41, 5.74) is 1.26. The number of hydrogen-bond donors (Lipinski definition) is 1. The van der Waals surface area contributed by atoms with Crippen LogP contribution in [0.1, 0.15) is 5.56 Å². The van der Waals surface area contributed by atoms with Gasteiger partial charge in [-0.05, 0) is 17.7 Å². The van der Waals surface area contributed by atoms with Crippen LogP contribution >= 0.6 is 0 Å². The van der Waals surface area contributed by atoms with E-state index in [4.69, 9.17) is 4.74 Å². The van der Waals surface area contributed by atoms with Gasteiger partial charge in [-0.25, -0.2) is 4.98 Å². The van der Waals surface area contributed by atoms with Crippen molar-refractivity contribution < 1.29 is 4.74 Å². The fourth-order valence-corrected chi connectivity index (χ4v) is 1.60. The van der Waals surface area contributed by atoms with Crippen molar-refractivity contribution in [3.8, 4) is 5.75 Å². The zero-order valence-electron chi connectivity index (χ0n) is 9.97. The van der Waals surface area contributed by atoms with Crippen LogP contribution in [0.25, 0.3) is 0 Å². The molecule has 0 aliphatic heterocycles. The molecule has 1 aromatic carbocycles. The lowest BCUT2D eigenvalue weighted by molar-refractivity contribution is 0.414. The number of imidazole rings is 1. The second-order valence-electron chi connectivity index (χ2n) is 3.83. The summed E-state index contributed by atoms with van der Waals surface area (Å²) in [5.74, 6) is 0.896. The molecule has 2 aromatic rings. The standard InChI is InChI=1S/C13H17N3O/c1-17-13-4-2-12(3-5-13)10-14-6-8-16-9-7-15-11-16/h2-5,7,9,11,14H,6,8,10H2,1H3. The molecule has 0 saturated carbocycles. The summed E-state index contributed by atoms with van der Waals surface area (Å²) in [7, 11) is 1.68. The second-order valence-corrected chi connectivity index (χ2v) is 3.83. The van der Waals surface area contributed by atoms with Crippen molar-refractivity contribution in [1.82, 2.24) is 14.9 Å². The van der Waals surface area contributed by atoms with Crippen molar-refractivity contribution in [2.75, 3.05) is 13.7 Å². The molecule has 2 rings (SSSR count). The summed E-state index contributed by atoms with van der Waals surface area (Å²) in [4.78, 5) is 4.00. The zero-order chi connectivity index (χ0) is 11.9. The number of aromatic nitrogens is 2. The van der Waals surface area contributed by atoms with Crippen molar-refractivity contribution >= 4 is 0 Å². The number of ether oxygens (including phenoxy) is 1. The van der Waals surface area contributed by atoms with Crippen LogP contribution < -0.4 is 10.1 Å². The smallest absolute Gasteiger partial charge is 0.118 e. The molecule has 0 unspecified atom stereocenters. The SMILES string of the molecule is COc1ccc(CNCCn2ccnc2)cc1. The third kappa shape index (κ3) is 3.60. The van der Waals surface area contributed by atoms with E-state index in [0.29, 0.717) is 0 Å². The topological polar surface area (TPSA) is 39.1 Å². The van der Waals surface area contributed by atoms with Gasteiger partial charge >= 0.3 is 0 Å². The van der Waals surface area contributed by atoms with Crippen LogP contribution in [0.4, 0.5) is 0 Å². The molecule has 0 radical (unpaired) electrons. The van der Waals surface area contributed by atoms with Gasteiger partial charge in [-0.3, -0.25) is 0 Å². The van der Waals surface area contributed by atoms with Gasteiger partial charge in [-0.15, -0.1) is 0 Å². The molecule has 0 aliphatic rings. The maximum Gasteiger partial charge on any atom is 0.118 e. The minimum Gasteiger partial charge on any atom is -0.497 e. The molecule has 1 aromatic heterocycles. The Labute approximate surface area is 101 Å². The van der Waals surface area contributed by atoms with Gasteiger partial charge in [0, 0.05) is 32.0 Å². The maximum absolute atomic E-state index is 5.11. The minimum atomic E-state index is 0.874. The Hall–Kier alpha value is -1.81. The Bertz CT molecular complexity index is 422. The number of benzene rings is 1. The van der Waals surface area contributed by atoms with Crippen molar-refractivity contribution in [2.45, 2.75) is 13.1 Å². The van der Waals surface area contributed by atoms with Gasteiger partial charge in [0.2, 0.25) is 0 Å². The highest BCUT2D eigenvalue weighted by Crippen LogP contribution is 2.10. The lowest BCUT2D eigenvalue weighted by Crippen LogP contribution is -2.18. The Morgan fingerprint density at radius 1 is 1.29 bits per heavy atom. The van der Waals surface area contributed by atoms with E-state index < -0.39 is 0 Å². The summed E-state index contributed by atoms with van der Waals surface area (Å²) >= 11 is 0. The van der Waals surface area contributed by atoms with Crippen LogP contribution in [0, 0.1) is 0 Å². The largest absolute Gasteiger partial charge is 0.497 e. The van der Waals surface area contributed by atoms with Gasteiger partial charge in [0.15, 0.2) is 0 Å². The number of methoxy groups -OCH3 is 1. The first-order valence-electron chi connectivity index (χ1n) is 5.68. The predicted octanol–water partition coefficient (Wildman–Crippen LogP) is 1.68. The van der Waals surface area contributed by atoms with E-state index in [0.717, 1.165) is 25.4 Å². The van der Waals surface area contributed by atoms with E-state index in [9.17, 15) is 0 Å². The van der Waals surface area contributed by atoms with Crippen molar-refractivity contribution in [3.63, 3.8) is 0 Å². The predicted molar refractivity (Wildman–Crippen MR) is 66.9 cm³/mol. The fourth-order valence-electron chi connectivity index (χ4n) is 1.60. The number of nitrogens with zero attached hydrogens (tertiary/aromatic N) is 2. The minimum absolute atomic E-state index is 0.874. The fraction of sp³-hybridized carbons (Fsp3) is 0.308. The van der Waals surface area contributed by atoms with Crippen LogP contribution in [0.5, 0.6) is 5.75 Å². The molecule has 0 fully saturated rings. The Morgan fingerprint density at radius 3 is 2.76 bits per heavy atom. The van der Waals surface area contributed by atoms with Crippen LogP contribution in [0.15, 0.2) is 43.0 Å². The first-order valence-corrected chi connectivity index (χ1v) is 5.68. The lowest BCUT2D eigenvalue weighted by Gasteiger charge is -2.06. The summed E-state index contributed by atoms with van der Waals surface area (Å²) < 4.78 is 7.17. The van der Waals surface area contributed by atoms with Gasteiger partial charge in [-0.2, -0.15) is 0 Å². The van der Waals surface area contributed by atoms with Gasteiger partial charge in [0.1, 0.15) is 5.75 Å². The van der Waals surface area contributed by atoms with Gasteiger partial charge in [0.25, 0.3) is 0 Å². The summed E-state index contributed by atoms with van der Waals surface area (Å²) in [6.07, 6.45) is 5.59. The monoisotopic (exact) mass is 231 g/mol. The Morgan fingerprint density at radius 2 is 2.12 bits per heavy atom. The molecule has 4 heteroatoms. The van der Waals surface area contributed by atoms with E-state index in [1.165, 1.54) is 5.56 Å². The van der Waals surface area contributed by atoms with Gasteiger partial charge in [-0.1, -0.05) is 12.1 Å². The number of nitrogens with one attached hydrogen (secondary N) is 1. The Kier molecular flexibility index (Phi) is 4.16. The van der Waals surface area contributed by atoms with Crippen LogP contribution in [0.3, 0.4) is 0 Å². The summed E-state index contributed by atoms with van der Waals surface area (Å²) in [6, 6.07) is 8.10. The molecule has 0 saturated heterocycles. The lowest BCUT2D eigenvalue weighted by atomic mass is 10.2. The number of rotatable bonds is 6. The molecule has 0 amide bonds. The summed E-state index contributed by atoms with van der Waals surface area (Å²) in [6.45, 7) is 2.75. The number of hydrogen-bond acceptors (Lipinski definition) is 3. The normalized spacial score (nSPS) is 10.4. The highest BCUT2D eigenvalue weighted by atomic mass is 16.5.